The van der Waals surface area contributed by atoms with Crippen LogP contribution in [0.2, 0.25) is 15.1 Å². The second-order valence-electron chi connectivity index (χ2n) is 7.42. The molecule has 170 valence electrons. The number of benzene rings is 2. The lowest BCUT2D eigenvalue weighted by atomic mass is 10.1. The highest BCUT2D eigenvalue weighted by molar-refractivity contribution is 6.53. The number of halogens is 5. The van der Waals surface area contributed by atoms with Gasteiger partial charge in [0.1, 0.15) is 10.0 Å². The average Bonchev–Trinajstić information content (AvgIpc) is 3.31. The first-order chi connectivity index (χ1) is 15.6. The van der Waals surface area contributed by atoms with Crippen molar-refractivity contribution in [3.63, 3.8) is 0 Å². The fraction of sp³-hybridized carbons (Fsp3) is 0.136. The number of hydrogen-bond donors (Lipinski definition) is 2. The molecule has 6 nitrogen and oxygen atoms in total. The molecule has 33 heavy (non-hydrogen) atoms. The summed E-state index contributed by atoms with van der Waals surface area (Å²) >= 11 is 31.1. The average molecular weight is 546 g/mol. The van der Waals surface area contributed by atoms with Crippen molar-refractivity contribution in [2.45, 2.75) is 10.3 Å². The van der Waals surface area contributed by atoms with E-state index >= 15 is 0 Å². The molecule has 1 aliphatic rings. The van der Waals surface area contributed by atoms with E-state index in [2.05, 4.69) is 10.6 Å². The molecule has 4 rings (SSSR count). The van der Waals surface area contributed by atoms with Gasteiger partial charge in [-0.25, -0.2) is 0 Å². The molecule has 2 aromatic carbocycles. The van der Waals surface area contributed by atoms with Gasteiger partial charge < -0.3 is 15.8 Å². The van der Waals surface area contributed by atoms with Crippen molar-refractivity contribution in [2.75, 3.05) is 10.6 Å². The van der Waals surface area contributed by atoms with Gasteiger partial charge in [-0.3, -0.25) is 9.59 Å². The first kappa shape index (κ1) is 23.9. The van der Waals surface area contributed by atoms with Gasteiger partial charge in [0, 0.05) is 27.7 Å². The van der Waals surface area contributed by atoms with Crippen LogP contribution in [0.25, 0.3) is 0 Å². The molecule has 11 heteroatoms. The molecule has 2 amide bonds. The summed E-state index contributed by atoms with van der Waals surface area (Å²) in [5.41, 5.74) is 1.36. The van der Waals surface area contributed by atoms with E-state index in [0.29, 0.717) is 26.0 Å². The van der Waals surface area contributed by atoms with Crippen molar-refractivity contribution in [1.29, 1.82) is 0 Å². The highest BCUT2D eigenvalue weighted by atomic mass is 35.5. The van der Waals surface area contributed by atoms with Crippen molar-refractivity contribution in [2.24, 2.45) is 5.92 Å². The predicted octanol–water partition coefficient (Wildman–Crippen LogP) is 6.06. The molecule has 2 atom stereocenters. The van der Waals surface area contributed by atoms with Crippen LogP contribution in [-0.2, 0) is 4.79 Å². The maximum absolute atomic E-state index is 12.9. The number of carbonyl (C=O) groups excluding carboxylic acids is 2. The van der Waals surface area contributed by atoms with Crippen molar-refractivity contribution < 1.29 is 14.3 Å². The van der Waals surface area contributed by atoms with Crippen LogP contribution in [0.15, 0.2) is 60.9 Å². The van der Waals surface area contributed by atoms with Crippen LogP contribution in [0, 0.1) is 11.1 Å². The Kier molecular flexibility index (Phi) is 6.67. The maximum atomic E-state index is 12.9. The van der Waals surface area contributed by atoms with Gasteiger partial charge in [-0.1, -0.05) is 34.8 Å². The Morgan fingerprint density at radius 1 is 0.939 bits per heavy atom. The number of alkyl halides is 2. The van der Waals surface area contributed by atoms with E-state index in [-0.39, 0.29) is 16.3 Å². The van der Waals surface area contributed by atoms with Crippen LogP contribution in [0.4, 0.5) is 11.4 Å². The van der Waals surface area contributed by atoms with E-state index in [0.717, 1.165) is 0 Å². The Labute approximate surface area is 213 Å². The molecular weight excluding hydrogens is 532 g/mol. The van der Waals surface area contributed by atoms with Crippen LogP contribution in [0.5, 0.6) is 0 Å². The second-order valence-corrected chi connectivity index (χ2v) is 10.1. The molecule has 1 heterocycles. The lowest BCUT2D eigenvalue weighted by Crippen LogP contribution is -2.25. The van der Waals surface area contributed by atoms with Crippen LogP contribution >= 0.6 is 58.0 Å². The molecule has 0 unspecified atom stereocenters. The number of aromatic nitrogens is 1. The molecule has 1 saturated carbocycles. The molecule has 0 aliphatic heterocycles. The smallest absolute Gasteiger partial charge is 0.257 e. The third-order valence-electron chi connectivity index (χ3n) is 5.09. The Bertz CT molecular complexity index is 1250. The number of carbonyl (C=O) groups is 2. The summed E-state index contributed by atoms with van der Waals surface area (Å²) in [6, 6.07) is 12.4. The zero-order chi connectivity index (χ0) is 23.9. The van der Waals surface area contributed by atoms with Gasteiger partial charge in [-0.2, -0.15) is 4.73 Å². The van der Waals surface area contributed by atoms with E-state index in [1.165, 1.54) is 30.6 Å². The molecule has 1 aliphatic carbocycles. The summed E-state index contributed by atoms with van der Waals surface area (Å²) in [7, 11) is 0. The number of pyridine rings is 1. The Morgan fingerprint density at radius 2 is 1.64 bits per heavy atom. The zero-order valence-electron chi connectivity index (χ0n) is 16.5. The van der Waals surface area contributed by atoms with Gasteiger partial charge >= 0.3 is 0 Å². The minimum absolute atomic E-state index is 0.104. The predicted molar refractivity (Wildman–Crippen MR) is 131 cm³/mol. The SMILES string of the molecule is O=C(Nc1ccc[n+]([O-])c1)c1cc(NC(=O)[C@@H]2[C@@H](c3cc(Cl)cc(Cl)c3)C2(Cl)Cl)ccc1Cl. The van der Waals surface area contributed by atoms with E-state index < -0.39 is 28.0 Å². The van der Waals surface area contributed by atoms with E-state index in [9.17, 15) is 14.8 Å². The summed E-state index contributed by atoms with van der Waals surface area (Å²) in [4.78, 5) is 25.6. The number of amides is 2. The maximum Gasteiger partial charge on any atom is 0.257 e. The number of anilines is 2. The molecule has 3 aromatic rings. The van der Waals surface area contributed by atoms with Crippen molar-refractivity contribution >= 4 is 81.2 Å². The van der Waals surface area contributed by atoms with Gasteiger partial charge in [0.25, 0.3) is 5.91 Å². The molecule has 1 aromatic heterocycles. The number of nitrogens with one attached hydrogen (secondary N) is 2. The highest BCUT2D eigenvalue weighted by Crippen LogP contribution is 2.65. The minimum atomic E-state index is -1.34. The monoisotopic (exact) mass is 543 g/mol. The lowest BCUT2D eigenvalue weighted by Gasteiger charge is -2.10. The number of hydrogen-bond acceptors (Lipinski definition) is 3. The van der Waals surface area contributed by atoms with Gasteiger partial charge in [0.2, 0.25) is 12.1 Å². The van der Waals surface area contributed by atoms with Crippen LogP contribution in [0.1, 0.15) is 21.8 Å². The van der Waals surface area contributed by atoms with Gasteiger partial charge in [0.15, 0.2) is 6.20 Å². The van der Waals surface area contributed by atoms with Gasteiger partial charge in [-0.15, -0.1) is 23.2 Å². The van der Waals surface area contributed by atoms with E-state index in [1.54, 1.807) is 30.3 Å². The fourth-order valence-corrected chi connectivity index (χ4v) is 5.12. The minimum Gasteiger partial charge on any atom is -0.619 e. The zero-order valence-corrected chi connectivity index (χ0v) is 20.3. The van der Waals surface area contributed by atoms with Gasteiger partial charge in [0.05, 0.1) is 16.5 Å². The number of rotatable bonds is 5. The molecule has 0 saturated heterocycles. The molecule has 0 bridgehead atoms. The topological polar surface area (TPSA) is 85.1 Å². The number of nitrogens with zero attached hydrogens (tertiary/aromatic N) is 1. The first-order valence-electron chi connectivity index (χ1n) is 9.50. The van der Waals surface area contributed by atoms with Crippen LogP contribution in [0.3, 0.4) is 0 Å². The Morgan fingerprint density at radius 3 is 2.30 bits per heavy atom. The van der Waals surface area contributed by atoms with Crippen LogP contribution < -0.4 is 15.4 Å². The molecule has 1 fully saturated rings. The lowest BCUT2D eigenvalue weighted by molar-refractivity contribution is -0.604. The standard InChI is InChI=1S/C22H14Cl5N3O3/c23-12-6-11(7-13(24)8-12)18-19(22(18,26)27)21(32)28-14-3-4-17(25)16(9-14)20(31)29-15-2-1-5-30(33)10-15/h1-10,18-19H,(H,28,32)(H,29,31)/t18-,19+/m1/s1. The molecule has 0 radical (unpaired) electrons. The second kappa shape index (κ2) is 9.20. The molecular formula is C22H14Cl5N3O3. The van der Waals surface area contributed by atoms with E-state index in [1.807, 2.05) is 0 Å². The summed E-state index contributed by atoms with van der Waals surface area (Å²) in [5.74, 6) is -2.27. The third kappa shape index (κ3) is 5.15. The van der Waals surface area contributed by atoms with E-state index in [4.69, 9.17) is 58.0 Å². The first-order valence-corrected chi connectivity index (χ1v) is 11.4. The Balaban J connectivity index is 1.51. The van der Waals surface area contributed by atoms with Crippen molar-refractivity contribution in [1.82, 2.24) is 0 Å². The summed E-state index contributed by atoms with van der Waals surface area (Å²) in [6.45, 7) is 0. The highest BCUT2D eigenvalue weighted by Gasteiger charge is 2.67. The van der Waals surface area contributed by atoms with Crippen LogP contribution in [-0.4, -0.2) is 16.1 Å². The summed E-state index contributed by atoms with van der Waals surface area (Å²) < 4.78 is -0.788. The fourth-order valence-electron chi connectivity index (χ4n) is 3.55. The summed E-state index contributed by atoms with van der Waals surface area (Å²) in [5, 5.41) is 17.7. The van der Waals surface area contributed by atoms with Gasteiger partial charge in [-0.05, 0) is 48.0 Å². The third-order valence-corrected chi connectivity index (χ3v) is 6.80. The largest absolute Gasteiger partial charge is 0.619 e. The van der Waals surface area contributed by atoms with Crippen molar-refractivity contribution in [3.8, 4) is 0 Å². The molecule has 0 spiro atoms. The van der Waals surface area contributed by atoms with Crippen molar-refractivity contribution in [3.05, 3.63) is 92.3 Å². The Hall–Kier alpha value is -2.22. The quantitative estimate of drug-likeness (QED) is 0.232. The summed E-state index contributed by atoms with van der Waals surface area (Å²) in [6.07, 6.45) is 2.49. The molecule has 2 N–H and O–H groups in total. The normalized spacial score (nSPS) is 18.5.